The molecule has 29 heavy (non-hydrogen) atoms. The highest BCUT2D eigenvalue weighted by Crippen LogP contribution is 2.17. The number of aromatic nitrogens is 6. The molecule has 0 spiro atoms. The van der Waals surface area contributed by atoms with E-state index in [0.29, 0.717) is 18.7 Å². The van der Waals surface area contributed by atoms with Crippen LogP contribution in [0, 0.1) is 12.3 Å². The predicted octanol–water partition coefficient (Wildman–Crippen LogP) is 3.39. The summed E-state index contributed by atoms with van der Waals surface area (Å²) in [5.41, 5.74) is 6.01. The van der Waals surface area contributed by atoms with Gasteiger partial charge in [-0.15, -0.1) is 11.5 Å². The largest absolute Gasteiger partial charge is 0.256 e. The molecule has 0 radical (unpaired) electrons. The molecule has 0 atom stereocenters. The summed E-state index contributed by atoms with van der Waals surface area (Å²) in [6.07, 6.45) is 7.84. The molecular weight excluding hydrogens is 360 g/mol. The third-order valence-corrected chi connectivity index (χ3v) is 4.73. The minimum atomic E-state index is 0.586. The second kappa shape index (κ2) is 7.13. The quantitative estimate of drug-likeness (QED) is 0.450. The Morgan fingerprint density at radius 3 is 2.72 bits per heavy atom. The summed E-state index contributed by atoms with van der Waals surface area (Å²) >= 11 is 0. The molecule has 5 rings (SSSR count). The van der Waals surface area contributed by atoms with Crippen LogP contribution in [-0.4, -0.2) is 29.9 Å². The summed E-state index contributed by atoms with van der Waals surface area (Å²) in [4.78, 5) is 13.6. The van der Waals surface area contributed by atoms with Crippen LogP contribution in [0.15, 0.2) is 66.9 Å². The lowest BCUT2D eigenvalue weighted by atomic mass is 10.1. The summed E-state index contributed by atoms with van der Waals surface area (Å²) in [5, 5.41) is 9.64. The van der Waals surface area contributed by atoms with Crippen LogP contribution in [0.5, 0.6) is 0 Å². The lowest BCUT2D eigenvalue weighted by Gasteiger charge is -2.05. The molecule has 0 aliphatic heterocycles. The maximum atomic E-state index is 5.45. The van der Waals surface area contributed by atoms with Crippen LogP contribution in [0.1, 0.15) is 22.6 Å². The molecule has 0 fully saturated rings. The number of terminal acetylenes is 1. The fourth-order valence-corrected chi connectivity index (χ4v) is 3.34. The van der Waals surface area contributed by atoms with Crippen LogP contribution in [0.25, 0.3) is 22.1 Å². The van der Waals surface area contributed by atoms with Gasteiger partial charge in [0.15, 0.2) is 5.65 Å². The molecule has 5 aromatic rings. The summed E-state index contributed by atoms with van der Waals surface area (Å²) in [6, 6.07) is 19.8. The Morgan fingerprint density at radius 2 is 1.79 bits per heavy atom. The topological polar surface area (TPSA) is 69.4 Å². The molecule has 0 amide bonds. The van der Waals surface area contributed by atoms with E-state index in [9.17, 15) is 0 Å². The van der Waals surface area contributed by atoms with E-state index in [-0.39, 0.29) is 0 Å². The highest BCUT2D eigenvalue weighted by molar-refractivity contribution is 5.79. The molecule has 4 heterocycles. The lowest BCUT2D eigenvalue weighted by molar-refractivity contribution is 0.663. The predicted molar refractivity (Wildman–Crippen MR) is 111 cm³/mol. The van der Waals surface area contributed by atoms with Crippen molar-refractivity contribution in [3.8, 4) is 12.3 Å². The fraction of sp³-hybridized carbons (Fsp3) is 0.0870. The van der Waals surface area contributed by atoms with Gasteiger partial charge in [-0.05, 0) is 48.0 Å². The molecule has 0 bridgehead atoms. The van der Waals surface area contributed by atoms with E-state index in [0.717, 1.165) is 39.0 Å². The maximum absolute atomic E-state index is 5.45. The Kier molecular flexibility index (Phi) is 4.19. The molecule has 0 aliphatic carbocycles. The average Bonchev–Trinajstić information content (AvgIpc) is 3.16. The SMILES string of the molecule is C#Cc1cccc(Cc2ccc3nnn(Cc4ccc5ncccc5c4)c3n2)n1. The van der Waals surface area contributed by atoms with Crippen molar-refractivity contribution in [2.24, 2.45) is 0 Å². The first-order valence-electron chi connectivity index (χ1n) is 9.24. The molecule has 6 nitrogen and oxygen atoms in total. The lowest BCUT2D eigenvalue weighted by Crippen LogP contribution is -2.04. The number of nitrogens with zero attached hydrogens (tertiary/aromatic N) is 6. The molecule has 1 aromatic carbocycles. The van der Waals surface area contributed by atoms with Crippen molar-refractivity contribution in [3.63, 3.8) is 0 Å². The minimum absolute atomic E-state index is 0.586. The zero-order chi connectivity index (χ0) is 19.6. The van der Waals surface area contributed by atoms with Gasteiger partial charge in [-0.3, -0.25) is 4.98 Å². The van der Waals surface area contributed by atoms with E-state index >= 15 is 0 Å². The maximum Gasteiger partial charge on any atom is 0.179 e. The second-order valence-electron chi connectivity index (χ2n) is 6.76. The number of fused-ring (bicyclic) bond motifs is 2. The summed E-state index contributed by atoms with van der Waals surface area (Å²) in [5.74, 6) is 2.57. The van der Waals surface area contributed by atoms with Crippen LogP contribution in [0.2, 0.25) is 0 Å². The zero-order valence-corrected chi connectivity index (χ0v) is 15.5. The van der Waals surface area contributed by atoms with Crippen molar-refractivity contribution in [3.05, 3.63) is 89.5 Å². The van der Waals surface area contributed by atoms with Gasteiger partial charge in [0, 0.05) is 29.4 Å². The molecule has 138 valence electrons. The Labute approximate surface area is 167 Å². The Balaban J connectivity index is 1.46. The van der Waals surface area contributed by atoms with E-state index in [2.05, 4.69) is 44.4 Å². The van der Waals surface area contributed by atoms with Crippen molar-refractivity contribution in [2.75, 3.05) is 0 Å². The van der Waals surface area contributed by atoms with Crippen molar-refractivity contribution < 1.29 is 0 Å². The van der Waals surface area contributed by atoms with Gasteiger partial charge in [-0.2, -0.15) is 0 Å². The summed E-state index contributed by atoms with van der Waals surface area (Å²) in [6.45, 7) is 0.586. The normalized spacial score (nSPS) is 11.0. The standard InChI is InChI=1S/C23H16N6/c1-2-18-6-3-7-19(25-18)14-20-9-11-22-23(26-20)29(28-27-22)15-16-8-10-21-17(13-16)5-4-12-24-21/h1,3-13H,14-15H2. The van der Waals surface area contributed by atoms with Crippen LogP contribution < -0.4 is 0 Å². The second-order valence-corrected chi connectivity index (χ2v) is 6.76. The van der Waals surface area contributed by atoms with Gasteiger partial charge in [-0.1, -0.05) is 29.3 Å². The molecule has 0 saturated carbocycles. The van der Waals surface area contributed by atoms with Crippen LogP contribution >= 0.6 is 0 Å². The first kappa shape index (κ1) is 17.0. The van der Waals surface area contributed by atoms with Crippen LogP contribution in [-0.2, 0) is 13.0 Å². The van der Waals surface area contributed by atoms with Gasteiger partial charge in [0.1, 0.15) is 11.2 Å². The third kappa shape index (κ3) is 3.42. The summed E-state index contributed by atoms with van der Waals surface area (Å²) in [7, 11) is 0. The number of hydrogen-bond donors (Lipinski definition) is 0. The number of rotatable bonds is 4. The minimum Gasteiger partial charge on any atom is -0.256 e. The van der Waals surface area contributed by atoms with Gasteiger partial charge < -0.3 is 0 Å². The Hall–Kier alpha value is -4.11. The van der Waals surface area contributed by atoms with Crippen LogP contribution in [0.3, 0.4) is 0 Å². The van der Waals surface area contributed by atoms with Crippen molar-refractivity contribution in [1.82, 2.24) is 29.9 Å². The Bertz CT molecular complexity index is 1380. The molecule has 0 N–H and O–H groups in total. The first-order chi connectivity index (χ1) is 14.3. The summed E-state index contributed by atoms with van der Waals surface area (Å²) < 4.78 is 1.82. The highest BCUT2D eigenvalue weighted by atomic mass is 15.4. The van der Waals surface area contributed by atoms with Crippen molar-refractivity contribution in [2.45, 2.75) is 13.0 Å². The van der Waals surface area contributed by atoms with Crippen molar-refractivity contribution in [1.29, 1.82) is 0 Å². The molecule has 0 saturated heterocycles. The zero-order valence-electron chi connectivity index (χ0n) is 15.5. The monoisotopic (exact) mass is 376 g/mol. The number of hydrogen-bond acceptors (Lipinski definition) is 5. The molecule has 0 aliphatic rings. The van der Waals surface area contributed by atoms with Gasteiger partial charge in [-0.25, -0.2) is 14.6 Å². The van der Waals surface area contributed by atoms with Crippen molar-refractivity contribution >= 4 is 22.1 Å². The molecule has 6 heteroatoms. The Morgan fingerprint density at radius 1 is 0.897 bits per heavy atom. The van der Waals surface area contributed by atoms with Crippen LogP contribution in [0.4, 0.5) is 0 Å². The van der Waals surface area contributed by atoms with Gasteiger partial charge in [0.2, 0.25) is 0 Å². The van der Waals surface area contributed by atoms with E-state index < -0.39 is 0 Å². The smallest absolute Gasteiger partial charge is 0.179 e. The molecule has 4 aromatic heterocycles. The van der Waals surface area contributed by atoms with E-state index in [1.165, 1.54) is 0 Å². The van der Waals surface area contributed by atoms with E-state index in [1.807, 2.05) is 47.1 Å². The third-order valence-electron chi connectivity index (χ3n) is 4.73. The van der Waals surface area contributed by atoms with Gasteiger partial charge in [0.05, 0.1) is 12.1 Å². The number of benzene rings is 1. The van der Waals surface area contributed by atoms with Gasteiger partial charge >= 0.3 is 0 Å². The fourth-order valence-electron chi connectivity index (χ4n) is 3.34. The first-order valence-corrected chi connectivity index (χ1v) is 9.24. The molecule has 0 unspecified atom stereocenters. The number of pyridine rings is 3. The van der Waals surface area contributed by atoms with Gasteiger partial charge in [0.25, 0.3) is 0 Å². The van der Waals surface area contributed by atoms with E-state index in [4.69, 9.17) is 11.4 Å². The molecular formula is C23H16N6. The average molecular weight is 376 g/mol. The highest BCUT2D eigenvalue weighted by Gasteiger charge is 2.09. The van der Waals surface area contributed by atoms with E-state index in [1.54, 1.807) is 6.20 Å².